The van der Waals surface area contributed by atoms with Crippen LogP contribution in [0.25, 0.3) is 22.6 Å². The lowest BCUT2D eigenvalue weighted by molar-refractivity contribution is -0.138. The van der Waals surface area contributed by atoms with Gasteiger partial charge in [-0.25, -0.2) is 46.8 Å². The Morgan fingerprint density at radius 3 is 0.960 bits per heavy atom. The number of aromatic nitrogens is 14. The average molecular weight is 1740 g/mol. The standard InChI is InChI=1S/C21H18F4N4O3.C21H20F3N5O3.C19H16F4N4O3.C19H18F3N5O3/c22-16-5-13(21(23,24)25)3-4-15(16)20(10-32-9-17(20)30)28-19(31)14-7-27-29-8-12(11-1-2-11)6-26-18(14)29;22-21(23,24)14-3-4-16(25-8-14)20(5-6-32-11-17(20)30)28-19(31)15-9-27-29-10-13(12-1-2-12)7-26-18(15)29;1-10-5-24-16-12(6-25-27(16)7-10)17(29)26-18(9-30-8-15(18)28)13-3-2-11(4-14(13)20)19(21,22)23;1-11-6-24-16-13(8-25-27(16)9-11)17(29)26-18(4-5-30-10-15(18)28)14-3-2-12(7-23-14)19(20,21)22/h3-8,11,17,30H,1-2,9-10H2,(H,28,31);3-4,7-10,12,17,30H,1-2,5-6,11H2,(H,28,31);2-7,15,28H,8-9H2,1H3,(H,26,29);2-3,6-9,15,28H,4-5,10H2,1H3,(H,26,29). The number of pyridine rings is 2. The molecule has 0 spiro atoms. The van der Waals surface area contributed by atoms with E-state index < -0.39 is 129 Å². The fourth-order valence-corrected chi connectivity index (χ4v) is 15.0. The van der Waals surface area contributed by atoms with E-state index in [-0.39, 0.29) is 122 Å². The van der Waals surface area contributed by atoms with Crippen LogP contribution in [0.2, 0.25) is 0 Å². The van der Waals surface area contributed by atoms with Crippen molar-refractivity contribution < 1.29 is 120 Å². The summed E-state index contributed by atoms with van der Waals surface area (Å²) in [6.45, 7) is 2.71. The third-order valence-corrected chi connectivity index (χ3v) is 22.1. The predicted octanol–water partition coefficient (Wildman–Crippen LogP) is 9.28. The van der Waals surface area contributed by atoms with Crippen LogP contribution in [0.1, 0.15) is 159 Å². The fraction of sp³-hybridized carbons (Fsp3) is 0.375. The number of halogens is 14. The van der Waals surface area contributed by atoms with Crippen LogP contribution in [0.3, 0.4) is 0 Å². The molecule has 0 radical (unpaired) electrons. The maximum atomic E-state index is 14.8. The molecule has 2 aliphatic carbocycles. The molecule has 4 amide bonds. The van der Waals surface area contributed by atoms with E-state index in [4.69, 9.17) is 18.9 Å². The number of nitrogens with zero attached hydrogens (tertiary/aromatic N) is 14. The van der Waals surface area contributed by atoms with Gasteiger partial charge < -0.3 is 60.6 Å². The van der Waals surface area contributed by atoms with Crippen LogP contribution in [0, 0.1) is 25.5 Å². The van der Waals surface area contributed by atoms with Crippen molar-refractivity contribution >= 4 is 46.2 Å². The number of carbonyl (C=O) groups excluding carboxylic acids is 4. The number of rotatable bonds is 14. The Morgan fingerprint density at radius 2 is 0.677 bits per heavy atom. The molecule has 2 aromatic carbocycles. The summed E-state index contributed by atoms with van der Waals surface area (Å²) in [6.07, 6.45) is 1.04. The number of ether oxygens (including phenoxy) is 4. The second-order valence-electron chi connectivity index (χ2n) is 30.6. The largest absolute Gasteiger partial charge is 0.417 e. The number of hydrogen-bond acceptors (Lipinski definition) is 22. The number of aliphatic hydroxyl groups excluding tert-OH is 4. The van der Waals surface area contributed by atoms with E-state index in [1.165, 1.54) is 55.1 Å². The van der Waals surface area contributed by atoms with Crippen molar-refractivity contribution in [3.63, 3.8) is 0 Å². The summed E-state index contributed by atoms with van der Waals surface area (Å²) < 4.78 is 211. The van der Waals surface area contributed by atoms with Crippen LogP contribution >= 0.6 is 0 Å². The smallest absolute Gasteiger partial charge is 0.388 e. The van der Waals surface area contributed by atoms with Crippen LogP contribution in [-0.4, -0.2) is 190 Å². The Morgan fingerprint density at radius 1 is 0.379 bits per heavy atom. The molecule has 124 heavy (non-hydrogen) atoms. The quantitative estimate of drug-likeness (QED) is 0.0470. The summed E-state index contributed by atoms with van der Waals surface area (Å²) in [5.41, 5.74) is -5.57. The zero-order valence-corrected chi connectivity index (χ0v) is 64.8. The first kappa shape index (κ1) is 86.7. The molecule has 4 saturated heterocycles. The van der Waals surface area contributed by atoms with E-state index in [9.17, 15) is 101 Å². The molecule has 6 aliphatic rings. The molecule has 2 saturated carbocycles. The van der Waals surface area contributed by atoms with E-state index in [1.54, 1.807) is 44.1 Å². The molecular formula is C80H72F14N18O12. The fourth-order valence-electron chi connectivity index (χ4n) is 15.0. The van der Waals surface area contributed by atoms with Crippen LogP contribution in [0.5, 0.6) is 0 Å². The first-order chi connectivity index (χ1) is 58.8. The number of hydrogen-bond donors (Lipinski definition) is 8. The van der Waals surface area contributed by atoms with Gasteiger partial charge in [-0.1, -0.05) is 12.1 Å². The van der Waals surface area contributed by atoms with Crippen molar-refractivity contribution in [2.45, 2.75) is 135 Å². The molecule has 6 fully saturated rings. The van der Waals surface area contributed by atoms with Crippen LogP contribution in [-0.2, 0) is 65.8 Å². The molecule has 12 aromatic rings. The van der Waals surface area contributed by atoms with Gasteiger partial charge in [-0.2, -0.15) is 73.1 Å². The first-order valence-electron chi connectivity index (χ1n) is 38.2. The van der Waals surface area contributed by atoms with Gasteiger partial charge in [-0.3, -0.25) is 29.1 Å². The van der Waals surface area contributed by atoms with Crippen molar-refractivity contribution in [1.29, 1.82) is 0 Å². The van der Waals surface area contributed by atoms with Gasteiger partial charge in [0.25, 0.3) is 23.6 Å². The number of alkyl halides is 12. The highest BCUT2D eigenvalue weighted by molar-refractivity contribution is 6.02. The van der Waals surface area contributed by atoms with Crippen LogP contribution in [0.4, 0.5) is 61.5 Å². The summed E-state index contributed by atoms with van der Waals surface area (Å²) in [7, 11) is 0. The molecule has 0 bridgehead atoms. The predicted molar refractivity (Wildman–Crippen MR) is 400 cm³/mol. The number of amides is 4. The number of carbonyl (C=O) groups is 4. The van der Waals surface area contributed by atoms with Crippen molar-refractivity contribution in [1.82, 2.24) is 89.6 Å². The number of fused-ring (bicyclic) bond motifs is 4. The maximum absolute atomic E-state index is 14.8. The molecule has 8 N–H and O–H groups in total. The highest BCUT2D eigenvalue weighted by Gasteiger charge is 2.53. The Balaban J connectivity index is 0.000000128. The third-order valence-electron chi connectivity index (χ3n) is 22.1. The van der Waals surface area contributed by atoms with E-state index in [2.05, 4.69) is 71.6 Å². The summed E-state index contributed by atoms with van der Waals surface area (Å²) >= 11 is 0. The summed E-state index contributed by atoms with van der Waals surface area (Å²) in [5, 5.41) is 69.6. The van der Waals surface area contributed by atoms with E-state index in [0.29, 0.717) is 59.8 Å². The molecule has 44 heteroatoms. The minimum Gasteiger partial charge on any atom is -0.388 e. The Kier molecular flexibility index (Phi) is 23.4. The van der Waals surface area contributed by atoms with Gasteiger partial charge in [0.2, 0.25) is 0 Å². The third kappa shape index (κ3) is 17.3. The molecular weight excluding hydrogens is 1670 g/mol. The number of aliphatic hydroxyl groups is 4. The van der Waals surface area contributed by atoms with Gasteiger partial charge in [-0.05, 0) is 122 Å². The molecule has 30 nitrogen and oxygen atoms in total. The molecule has 18 rings (SSSR count). The molecule has 8 atom stereocenters. The maximum Gasteiger partial charge on any atom is 0.417 e. The molecule has 652 valence electrons. The molecule has 8 unspecified atom stereocenters. The number of nitrogens with one attached hydrogen (secondary N) is 4. The van der Waals surface area contributed by atoms with Crippen LogP contribution < -0.4 is 21.3 Å². The lowest BCUT2D eigenvalue weighted by Crippen LogP contribution is -2.58. The highest BCUT2D eigenvalue weighted by atomic mass is 19.4. The van der Waals surface area contributed by atoms with E-state index in [0.717, 1.165) is 78.3 Å². The summed E-state index contributed by atoms with van der Waals surface area (Å²) in [6, 6.07) is 7.96. The molecule has 4 aliphatic heterocycles. The van der Waals surface area contributed by atoms with Gasteiger partial charge in [-0.15, -0.1) is 0 Å². The topological polar surface area (TPSA) is 381 Å². The Hall–Kier alpha value is -12.2. The molecule has 14 heterocycles. The number of aryl methyl sites for hydroxylation is 2. The van der Waals surface area contributed by atoms with Crippen molar-refractivity contribution in [3.8, 4) is 0 Å². The SMILES string of the molecule is Cc1cnc2c(C(=O)NC3(c4ccc(C(F)(F)F)cc4F)COCC3O)cnn2c1.Cc1cnc2c(C(=O)NC3(c4ccc(C(F)(F)F)cn4)CCOCC3O)cnn2c1.O=C(NC1(c2ccc(C(F)(F)F)cc2F)COCC1O)c1cnn2cc(C3CC3)cnc12.O=C(NC1(c2ccc(C(F)(F)F)cn2)CCOCC1O)c1cnn2cc(C3CC3)cnc12. The van der Waals surface area contributed by atoms with Crippen molar-refractivity contribution in [2.24, 2.45) is 0 Å². The normalized spacial score (nSPS) is 22.9. The zero-order chi connectivity index (χ0) is 88.4. The van der Waals surface area contributed by atoms with Gasteiger partial charge in [0.1, 0.15) is 80.5 Å². The average Bonchev–Trinajstić information content (AvgIpc) is 1.49. The monoisotopic (exact) mass is 1740 g/mol. The van der Waals surface area contributed by atoms with Crippen molar-refractivity contribution in [2.75, 3.05) is 52.9 Å². The second-order valence-corrected chi connectivity index (χ2v) is 30.6. The summed E-state index contributed by atoms with van der Waals surface area (Å²) in [5.74, 6) is -4.11. The molecule has 10 aromatic heterocycles. The summed E-state index contributed by atoms with van der Waals surface area (Å²) in [4.78, 5) is 77.2. The Labute approximate surface area is 690 Å². The van der Waals surface area contributed by atoms with Gasteiger partial charge in [0.05, 0.1) is 98.1 Å². The van der Waals surface area contributed by atoms with Gasteiger partial charge in [0, 0.05) is 99.2 Å². The van der Waals surface area contributed by atoms with E-state index >= 15 is 0 Å². The minimum atomic E-state index is -4.73. The number of benzene rings is 2. The highest BCUT2D eigenvalue weighted by Crippen LogP contribution is 2.44. The zero-order valence-electron chi connectivity index (χ0n) is 64.8. The first-order valence-corrected chi connectivity index (χ1v) is 38.2. The van der Waals surface area contributed by atoms with Crippen molar-refractivity contribution in [3.05, 3.63) is 248 Å². The minimum absolute atomic E-state index is 0.0563. The lowest BCUT2D eigenvalue weighted by atomic mass is 9.83. The second kappa shape index (κ2) is 33.5. The Bertz CT molecular complexity index is 6020. The van der Waals surface area contributed by atoms with Gasteiger partial charge >= 0.3 is 24.7 Å². The van der Waals surface area contributed by atoms with E-state index in [1.807, 2.05) is 13.1 Å². The lowest BCUT2D eigenvalue weighted by Gasteiger charge is -2.41. The van der Waals surface area contributed by atoms with Gasteiger partial charge in [0.15, 0.2) is 22.6 Å². The van der Waals surface area contributed by atoms with Crippen LogP contribution in [0.15, 0.2) is 147 Å².